The summed E-state index contributed by atoms with van der Waals surface area (Å²) in [6.45, 7) is 5.84. The van der Waals surface area contributed by atoms with Crippen molar-refractivity contribution in [3.63, 3.8) is 0 Å². The van der Waals surface area contributed by atoms with Crippen molar-refractivity contribution in [2.75, 3.05) is 26.2 Å². The zero-order valence-electron chi connectivity index (χ0n) is 12.1. The van der Waals surface area contributed by atoms with Crippen LogP contribution in [-0.2, 0) is 9.53 Å². The van der Waals surface area contributed by atoms with E-state index in [4.69, 9.17) is 4.74 Å². The Hall–Kier alpha value is -0.410. The fourth-order valence-electron chi connectivity index (χ4n) is 4.43. The maximum Gasteiger partial charge on any atom is 0.163 e. The summed E-state index contributed by atoms with van der Waals surface area (Å²) in [4.78, 5) is 14.8. The molecule has 3 fully saturated rings. The van der Waals surface area contributed by atoms with Gasteiger partial charge in [0.2, 0.25) is 0 Å². The van der Waals surface area contributed by atoms with Gasteiger partial charge in [0.1, 0.15) is 6.10 Å². The average Bonchev–Trinajstić information content (AvgIpc) is 3.02. The van der Waals surface area contributed by atoms with E-state index in [2.05, 4.69) is 11.8 Å². The molecule has 1 saturated heterocycles. The highest BCUT2D eigenvalue weighted by atomic mass is 16.5. The third-order valence-corrected chi connectivity index (χ3v) is 5.40. The van der Waals surface area contributed by atoms with Crippen LogP contribution in [0, 0.1) is 17.8 Å². The van der Waals surface area contributed by atoms with E-state index in [1.54, 1.807) is 0 Å². The molecule has 1 heterocycles. The van der Waals surface area contributed by atoms with Crippen LogP contribution in [0.1, 0.15) is 45.4 Å². The van der Waals surface area contributed by atoms with E-state index < -0.39 is 0 Å². The zero-order valence-corrected chi connectivity index (χ0v) is 12.1. The van der Waals surface area contributed by atoms with E-state index in [9.17, 15) is 4.79 Å². The van der Waals surface area contributed by atoms with Crippen LogP contribution >= 0.6 is 0 Å². The van der Waals surface area contributed by atoms with Crippen molar-refractivity contribution in [2.45, 2.75) is 51.6 Å². The molecule has 3 rings (SSSR count). The van der Waals surface area contributed by atoms with Gasteiger partial charge in [0.05, 0.1) is 6.61 Å². The Balaban J connectivity index is 1.49. The molecule has 2 saturated carbocycles. The molecule has 0 spiro atoms. The number of Topliss-reactive ketones (excluding diaryl/α,β-unsaturated/α-hetero) is 1. The van der Waals surface area contributed by atoms with Crippen LogP contribution in [0.2, 0.25) is 0 Å². The van der Waals surface area contributed by atoms with Gasteiger partial charge in [-0.1, -0.05) is 13.3 Å². The molecule has 0 amide bonds. The lowest BCUT2D eigenvalue weighted by molar-refractivity contribution is -0.137. The summed E-state index contributed by atoms with van der Waals surface area (Å²) in [5, 5.41) is 0. The van der Waals surface area contributed by atoms with Gasteiger partial charge >= 0.3 is 0 Å². The summed E-state index contributed by atoms with van der Waals surface area (Å²) in [5.74, 6) is 2.84. The van der Waals surface area contributed by atoms with Crippen molar-refractivity contribution < 1.29 is 9.53 Å². The van der Waals surface area contributed by atoms with Crippen molar-refractivity contribution in [1.82, 2.24) is 4.90 Å². The van der Waals surface area contributed by atoms with Gasteiger partial charge in [-0.3, -0.25) is 9.69 Å². The van der Waals surface area contributed by atoms with Crippen molar-refractivity contribution in [1.29, 1.82) is 0 Å². The monoisotopic (exact) mass is 265 g/mol. The van der Waals surface area contributed by atoms with Gasteiger partial charge in [0.25, 0.3) is 0 Å². The number of fused-ring (bicyclic) bond motifs is 2. The zero-order chi connectivity index (χ0) is 13.2. The molecule has 3 heteroatoms. The Morgan fingerprint density at radius 1 is 1.32 bits per heavy atom. The Labute approximate surface area is 116 Å². The molecule has 0 N–H and O–H groups in total. The van der Waals surface area contributed by atoms with E-state index in [0.29, 0.717) is 11.7 Å². The van der Waals surface area contributed by atoms with Crippen molar-refractivity contribution in [3.8, 4) is 0 Å². The lowest BCUT2D eigenvalue weighted by Gasteiger charge is -2.33. The van der Waals surface area contributed by atoms with Crippen molar-refractivity contribution >= 4 is 5.78 Å². The highest BCUT2D eigenvalue weighted by Crippen LogP contribution is 2.49. The minimum absolute atomic E-state index is 0.139. The molecule has 108 valence electrons. The summed E-state index contributed by atoms with van der Waals surface area (Å²) < 4.78 is 5.72. The molecule has 19 heavy (non-hydrogen) atoms. The van der Waals surface area contributed by atoms with Crippen LogP contribution in [-0.4, -0.2) is 43.0 Å². The summed E-state index contributed by atoms with van der Waals surface area (Å²) >= 11 is 0. The van der Waals surface area contributed by atoms with Crippen molar-refractivity contribution in [3.05, 3.63) is 0 Å². The molecule has 2 aliphatic carbocycles. The first-order valence-electron chi connectivity index (χ1n) is 8.13. The minimum Gasteiger partial charge on any atom is -0.368 e. The van der Waals surface area contributed by atoms with E-state index in [0.717, 1.165) is 50.9 Å². The van der Waals surface area contributed by atoms with Gasteiger partial charge in [-0.05, 0) is 50.0 Å². The Morgan fingerprint density at radius 2 is 2.21 bits per heavy atom. The van der Waals surface area contributed by atoms with Crippen LogP contribution in [0.15, 0.2) is 0 Å². The summed E-state index contributed by atoms with van der Waals surface area (Å²) in [6.07, 6.45) is 7.29. The first-order valence-corrected chi connectivity index (χ1v) is 8.13. The molecule has 1 aliphatic heterocycles. The first-order chi connectivity index (χ1) is 9.26. The summed E-state index contributed by atoms with van der Waals surface area (Å²) in [5.41, 5.74) is 0. The molecule has 4 unspecified atom stereocenters. The second kappa shape index (κ2) is 5.92. The summed E-state index contributed by atoms with van der Waals surface area (Å²) in [7, 11) is 0. The molecule has 4 atom stereocenters. The topological polar surface area (TPSA) is 29.5 Å². The Kier molecular flexibility index (Phi) is 4.23. The second-order valence-electron chi connectivity index (χ2n) is 6.77. The predicted molar refractivity (Wildman–Crippen MR) is 75.0 cm³/mol. The fraction of sp³-hybridized carbons (Fsp3) is 0.938. The number of hydrogen-bond donors (Lipinski definition) is 0. The van der Waals surface area contributed by atoms with Crippen LogP contribution in [0.3, 0.4) is 0 Å². The standard InChI is InChI=1S/C16H27NO2/c1-2-5-17-6-7-19-16(11-17)15(18)10-14-9-12-3-4-13(14)8-12/h12-14,16H,2-11H2,1H3. The number of ether oxygens (including phenoxy) is 1. The largest absolute Gasteiger partial charge is 0.368 e. The first kappa shape index (κ1) is 13.6. The normalized spacial score (nSPS) is 38.8. The Bertz CT molecular complexity index is 329. The van der Waals surface area contributed by atoms with Crippen LogP contribution in [0.25, 0.3) is 0 Å². The number of morpholine rings is 1. The van der Waals surface area contributed by atoms with E-state index in [1.165, 1.54) is 25.7 Å². The third kappa shape index (κ3) is 3.03. The van der Waals surface area contributed by atoms with Crippen molar-refractivity contribution in [2.24, 2.45) is 17.8 Å². The number of carbonyl (C=O) groups excluding carboxylic acids is 1. The second-order valence-corrected chi connectivity index (χ2v) is 6.77. The van der Waals surface area contributed by atoms with E-state index in [1.807, 2.05) is 0 Å². The summed E-state index contributed by atoms with van der Waals surface area (Å²) in [6, 6.07) is 0. The predicted octanol–water partition coefficient (Wildman–Crippen LogP) is 2.49. The molecule has 0 radical (unpaired) electrons. The number of hydrogen-bond acceptors (Lipinski definition) is 3. The van der Waals surface area contributed by atoms with Crippen LogP contribution in [0.5, 0.6) is 0 Å². The van der Waals surface area contributed by atoms with Gasteiger partial charge in [-0.15, -0.1) is 0 Å². The van der Waals surface area contributed by atoms with Gasteiger partial charge in [0.15, 0.2) is 5.78 Å². The van der Waals surface area contributed by atoms with Crippen LogP contribution in [0.4, 0.5) is 0 Å². The van der Waals surface area contributed by atoms with Gasteiger partial charge in [-0.2, -0.15) is 0 Å². The van der Waals surface area contributed by atoms with Gasteiger partial charge in [0, 0.05) is 19.5 Å². The number of carbonyl (C=O) groups is 1. The molecule has 3 nitrogen and oxygen atoms in total. The fourth-order valence-corrected chi connectivity index (χ4v) is 4.43. The molecular weight excluding hydrogens is 238 g/mol. The van der Waals surface area contributed by atoms with Gasteiger partial charge in [-0.25, -0.2) is 0 Å². The highest BCUT2D eigenvalue weighted by Gasteiger charge is 2.41. The average molecular weight is 265 g/mol. The molecule has 0 aromatic rings. The minimum atomic E-state index is -0.139. The number of rotatable bonds is 5. The molecule has 0 aromatic heterocycles. The van der Waals surface area contributed by atoms with E-state index >= 15 is 0 Å². The quantitative estimate of drug-likeness (QED) is 0.765. The lowest BCUT2D eigenvalue weighted by atomic mass is 9.84. The maximum atomic E-state index is 12.4. The molecular formula is C16H27NO2. The van der Waals surface area contributed by atoms with Gasteiger partial charge < -0.3 is 4.74 Å². The number of ketones is 1. The van der Waals surface area contributed by atoms with E-state index in [-0.39, 0.29) is 6.10 Å². The highest BCUT2D eigenvalue weighted by molar-refractivity contribution is 5.83. The molecule has 3 aliphatic rings. The lowest BCUT2D eigenvalue weighted by Crippen LogP contribution is -2.46. The molecule has 2 bridgehead atoms. The maximum absolute atomic E-state index is 12.4. The molecule has 0 aromatic carbocycles. The smallest absolute Gasteiger partial charge is 0.163 e. The van der Waals surface area contributed by atoms with Crippen LogP contribution < -0.4 is 0 Å². The SMILES string of the molecule is CCCN1CCOC(C(=O)CC2CC3CCC2C3)C1. The Morgan fingerprint density at radius 3 is 2.89 bits per heavy atom. The third-order valence-electron chi connectivity index (χ3n) is 5.40. The number of nitrogens with zero attached hydrogens (tertiary/aromatic N) is 1.